The van der Waals surface area contributed by atoms with Crippen LogP contribution in [0.4, 0.5) is 13.2 Å². The highest BCUT2D eigenvalue weighted by Gasteiger charge is 2.55. The van der Waals surface area contributed by atoms with E-state index in [1.807, 2.05) is 14.0 Å². The van der Waals surface area contributed by atoms with E-state index in [-0.39, 0.29) is 17.6 Å². The Balaban J connectivity index is 1.48. The van der Waals surface area contributed by atoms with Crippen LogP contribution in [0.25, 0.3) is 11.4 Å². The molecular weight excluding hydrogens is 485 g/mol. The monoisotopic (exact) mass is 516 g/mol. The van der Waals surface area contributed by atoms with Gasteiger partial charge < -0.3 is 19.6 Å². The minimum atomic E-state index is -4.31. The number of hydrogen-bond donors (Lipinski definition) is 2. The van der Waals surface area contributed by atoms with Gasteiger partial charge in [0, 0.05) is 47.9 Å². The summed E-state index contributed by atoms with van der Waals surface area (Å²) >= 11 is 0. The molecule has 198 valence electrons. The van der Waals surface area contributed by atoms with Crippen molar-refractivity contribution in [1.82, 2.24) is 20.0 Å². The third-order valence-corrected chi connectivity index (χ3v) is 7.79. The first kappa shape index (κ1) is 25.8. The Hall–Kier alpha value is -2.82. The lowest BCUT2D eigenvalue weighted by molar-refractivity contribution is -0.128. The van der Waals surface area contributed by atoms with Gasteiger partial charge in [-0.15, -0.1) is 0 Å². The van der Waals surface area contributed by atoms with Crippen LogP contribution in [0.3, 0.4) is 0 Å². The number of rotatable bonds is 6. The van der Waals surface area contributed by atoms with E-state index in [4.69, 9.17) is 4.52 Å². The summed E-state index contributed by atoms with van der Waals surface area (Å²) in [6.07, 6.45) is 0.510. The molecule has 1 aliphatic carbocycles. The van der Waals surface area contributed by atoms with Crippen LogP contribution in [-0.2, 0) is 12.0 Å². The van der Waals surface area contributed by atoms with Crippen molar-refractivity contribution in [2.45, 2.75) is 62.8 Å². The van der Waals surface area contributed by atoms with Crippen LogP contribution in [0, 0.1) is 5.41 Å². The fourth-order valence-electron chi connectivity index (χ4n) is 5.93. The molecule has 2 aromatic heterocycles. The molecule has 1 aliphatic heterocycles. The van der Waals surface area contributed by atoms with Crippen molar-refractivity contribution in [1.29, 1.82) is 0 Å². The molecule has 1 atom stereocenters. The van der Waals surface area contributed by atoms with E-state index in [2.05, 4.69) is 20.0 Å². The SMILES string of the molecule is CN1CC(C)(C(O)(c2ccc(CC(F)(F)F)cc2)c2cncc(-c3noc(C4CCC(O)CC4)n3)c2)C1. The average Bonchev–Trinajstić information content (AvgIpc) is 3.33. The maximum atomic E-state index is 12.9. The van der Waals surface area contributed by atoms with Gasteiger partial charge in [0.1, 0.15) is 5.60 Å². The minimum absolute atomic E-state index is 0.0948. The Morgan fingerprint density at radius 3 is 2.35 bits per heavy atom. The standard InChI is InChI=1S/C27H31F3N4O3/c1-25(15-34(2)16-25)27(36,20-7-3-17(4-8-20)12-26(28,29)30)21-11-19(13-31-14-21)23-32-24(37-33-23)18-5-9-22(35)10-6-18/h3-4,7-8,11,13-14,18,22,35-36H,5-6,9-10,12,15-16H2,1-2H3. The normalized spacial score (nSPS) is 23.9. The third kappa shape index (κ3) is 5.02. The van der Waals surface area contributed by atoms with Crippen LogP contribution < -0.4 is 0 Å². The molecule has 2 N–H and O–H groups in total. The van der Waals surface area contributed by atoms with Gasteiger partial charge in [-0.3, -0.25) is 4.98 Å². The Bertz CT molecular complexity index is 1230. The van der Waals surface area contributed by atoms with Crippen molar-refractivity contribution in [3.05, 3.63) is 65.3 Å². The maximum Gasteiger partial charge on any atom is 0.393 e. The van der Waals surface area contributed by atoms with Crippen LogP contribution >= 0.6 is 0 Å². The second kappa shape index (κ2) is 9.49. The van der Waals surface area contributed by atoms with Gasteiger partial charge in [-0.1, -0.05) is 36.3 Å². The van der Waals surface area contributed by atoms with Crippen molar-refractivity contribution in [2.75, 3.05) is 20.1 Å². The number of aliphatic hydroxyl groups is 2. The third-order valence-electron chi connectivity index (χ3n) is 7.79. The number of aromatic nitrogens is 3. The van der Waals surface area contributed by atoms with Gasteiger partial charge in [0.05, 0.1) is 12.5 Å². The van der Waals surface area contributed by atoms with Crippen LogP contribution in [-0.4, -0.2) is 62.7 Å². The van der Waals surface area contributed by atoms with Gasteiger partial charge in [0.15, 0.2) is 0 Å². The number of nitrogens with zero attached hydrogens (tertiary/aromatic N) is 4. The molecule has 0 radical (unpaired) electrons. The van der Waals surface area contributed by atoms with Gasteiger partial charge in [0.2, 0.25) is 11.7 Å². The molecule has 3 aromatic rings. The lowest BCUT2D eigenvalue weighted by atomic mass is 9.62. The fourth-order valence-corrected chi connectivity index (χ4v) is 5.93. The second-order valence-corrected chi connectivity index (χ2v) is 10.9. The van der Waals surface area contributed by atoms with Crippen LogP contribution in [0.5, 0.6) is 0 Å². The second-order valence-electron chi connectivity index (χ2n) is 10.9. The summed E-state index contributed by atoms with van der Waals surface area (Å²) in [4.78, 5) is 11.0. The number of aliphatic hydroxyl groups excluding tert-OH is 1. The molecular formula is C27H31F3N4O3. The largest absolute Gasteiger partial charge is 0.393 e. The van der Waals surface area contributed by atoms with E-state index in [0.717, 1.165) is 12.8 Å². The molecule has 0 bridgehead atoms. The van der Waals surface area contributed by atoms with Crippen molar-refractivity contribution in [2.24, 2.45) is 5.41 Å². The van der Waals surface area contributed by atoms with Gasteiger partial charge >= 0.3 is 6.18 Å². The molecule has 5 rings (SSSR count). The van der Waals surface area contributed by atoms with Crippen molar-refractivity contribution >= 4 is 0 Å². The predicted octanol–water partition coefficient (Wildman–Crippen LogP) is 4.44. The molecule has 7 nitrogen and oxygen atoms in total. The van der Waals surface area contributed by atoms with Crippen molar-refractivity contribution in [3.8, 4) is 11.4 Å². The molecule has 10 heteroatoms. The lowest BCUT2D eigenvalue weighted by Gasteiger charge is -2.55. The summed E-state index contributed by atoms with van der Waals surface area (Å²) in [6, 6.07) is 7.76. The smallest absolute Gasteiger partial charge is 0.393 e. The Morgan fingerprint density at radius 1 is 1.05 bits per heavy atom. The Morgan fingerprint density at radius 2 is 1.73 bits per heavy atom. The van der Waals surface area contributed by atoms with Crippen LogP contribution in [0.1, 0.15) is 61.1 Å². The molecule has 3 heterocycles. The van der Waals surface area contributed by atoms with Crippen LogP contribution in [0.2, 0.25) is 0 Å². The number of benzene rings is 1. The van der Waals surface area contributed by atoms with E-state index in [0.29, 0.717) is 54.3 Å². The highest BCUT2D eigenvalue weighted by atomic mass is 19.4. The van der Waals surface area contributed by atoms with E-state index >= 15 is 0 Å². The first-order valence-electron chi connectivity index (χ1n) is 12.5. The molecule has 1 aromatic carbocycles. The lowest BCUT2D eigenvalue weighted by Crippen LogP contribution is -2.63. The number of likely N-dealkylation sites (tertiary alicyclic amines) is 1. The van der Waals surface area contributed by atoms with E-state index < -0.39 is 23.6 Å². The first-order valence-corrected chi connectivity index (χ1v) is 12.5. The van der Waals surface area contributed by atoms with Gasteiger partial charge in [0.25, 0.3) is 0 Å². The van der Waals surface area contributed by atoms with Gasteiger partial charge in [-0.05, 0) is 49.9 Å². The summed E-state index contributed by atoms with van der Waals surface area (Å²) in [7, 11) is 1.95. The summed E-state index contributed by atoms with van der Waals surface area (Å²) in [5.41, 5.74) is -0.383. The molecule has 2 aliphatic rings. The Labute approximate surface area is 213 Å². The zero-order valence-corrected chi connectivity index (χ0v) is 20.9. The highest BCUT2D eigenvalue weighted by molar-refractivity contribution is 5.56. The molecule has 0 amide bonds. The molecule has 37 heavy (non-hydrogen) atoms. The minimum Gasteiger partial charge on any atom is -0.393 e. The fraction of sp³-hybridized carbons (Fsp3) is 0.519. The summed E-state index contributed by atoms with van der Waals surface area (Å²) in [5.74, 6) is 0.974. The topological polar surface area (TPSA) is 95.5 Å². The predicted molar refractivity (Wildman–Crippen MR) is 130 cm³/mol. The zero-order valence-electron chi connectivity index (χ0n) is 20.9. The van der Waals surface area contributed by atoms with E-state index in [1.54, 1.807) is 30.6 Å². The van der Waals surface area contributed by atoms with E-state index in [1.165, 1.54) is 12.1 Å². The molecule has 0 spiro atoms. The zero-order chi connectivity index (χ0) is 26.4. The number of halogens is 3. The highest BCUT2D eigenvalue weighted by Crippen LogP contribution is 2.50. The average molecular weight is 517 g/mol. The van der Waals surface area contributed by atoms with Gasteiger partial charge in [-0.2, -0.15) is 18.2 Å². The number of alkyl halides is 3. The summed E-state index contributed by atoms with van der Waals surface area (Å²) < 4.78 is 44.2. The molecule has 1 saturated heterocycles. The number of pyridine rings is 1. The van der Waals surface area contributed by atoms with Gasteiger partial charge in [-0.25, -0.2) is 0 Å². The van der Waals surface area contributed by atoms with Crippen molar-refractivity contribution < 1.29 is 27.9 Å². The van der Waals surface area contributed by atoms with E-state index in [9.17, 15) is 23.4 Å². The van der Waals surface area contributed by atoms with Crippen LogP contribution in [0.15, 0.2) is 47.2 Å². The summed E-state index contributed by atoms with van der Waals surface area (Å²) in [6.45, 7) is 3.16. The maximum absolute atomic E-state index is 12.9. The molecule has 1 unspecified atom stereocenters. The molecule has 1 saturated carbocycles. The summed E-state index contributed by atoms with van der Waals surface area (Å²) in [5, 5.41) is 26.2. The first-order chi connectivity index (χ1) is 17.5. The molecule has 2 fully saturated rings. The van der Waals surface area contributed by atoms with Crippen molar-refractivity contribution in [3.63, 3.8) is 0 Å². The quantitative estimate of drug-likeness (QED) is 0.500. The Kier molecular flexibility index (Phi) is 6.62. The number of hydrogen-bond acceptors (Lipinski definition) is 7.